The largest absolute Gasteiger partial charge is 0.468 e. The Bertz CT molecular complexity index is 682. The van der Waals surface area contributed by atoms with Crippen LogP contribution in [0.2, 0.25) is 5.15 Å². The fraction of sp³-hybridized carbons (Fsp3) is 0.462. The van der Waals surface area contributed by atoms with E-state index in [2.05, 4.69) is 14.6 Å². The van der Waals surface area contributed by atoms with E-state index in [4.69, 9.17) is 16.3 Å². The van der Waals surface area contributed by atoms with E-state index >= 15 is 0 Å². The van der Waals surface area contributed by atoms with Crippen LogP contribution in [0.15, 0.2) is 4.79 Å². The van der Waals surface area contributed by atoms with Crippen LogP contribution in [0.1, 0.15) is 24.0 Å². The van der Waals surface area contributed by atoms with Gasteiger partial charge in [-0.05, 0) is 0 Å². The van der Waals surface area contributed by atoms with Gasteiger partial charge in [0.25, 0.3) is 5.56 Å². The van der Waals surface area contributed by atoms with Gasteiger partial charge in [-0.25, -0.2) is 4.68 Å². The highest BCUT2D eigenvalue weighted by Crippen LogP contribution is 2.25. The Hall–Kier alpha value is -2.42. The second-order valence-corrected chi connectivity index (χ2v) is 4.73. The number of carbonyl (C=O) groups is 3. The third-order valence-electron chi connectivity index (χ3n) is 2.92. The first-order valence-electron chi connectivity index (χ1n) is 6.29. The lowest BCUT2D eigenvalue weighted by Crippen LogP contribution is -2.35. The fourth-order valence-electron chi connectivity index (χ4n) is 1.83. The minimum absolute atomic E-state index is 0.0641. The van der Waals surface area contributed by atoms with Gasteiger partial charge in [-0.15, -0.1) is 0 Å². The third-order valence-corrected chi connectivity index (χ3v) is 3.22. The first-order valence-corrected chi connectivity index (χ1v) is 6.66. The molecule has 0 aliphatic carbocycles. The lowest BCUT2D eigenvalue weighted by molar-refractivity contribution is -0.154. The highest BCUT2D eigenvalue weighted by molar-refractivity contribution is 6.30. The topological polar surface area (TPSA) is 114 Å². The number of halogens is 1. The molecule has 1 aromatic heterocycles. The zero-order chi connectivity index (χ0) is 17.7. The number of carbonyl (C=O) groups excluding carboxylic acids is 3. The maximum absolute atomic E-state index is 12.4. The molecule has 0 bridgehead atoms. The number of methoxy groups -OCH3 is 2. The van der Waals surface area contributed by atoms with Gasteiger partial charge < -0.3 is 14.2 Å². The molecule has 0 N–H and O–H groups in total. The van der Waals surface area contributed by atoms with Gasteiger partial charge in [0.15, 0.2) is 11.1 Å². The normalized spacial score (nSPS) is 10.3. The molecule has 0 aliphatic rings. The Labute approximate surface area is 136 Å². The van der Waals surface area contributed by atoms with Crippen molar-refractivity contribution in [2.24, 2.45) is 7.05 Å². The Morgan fingerprint density at radius 3 is 2.17 bits per heavy atom. The van der Waals surface area contributed by atoms with Gasteiger partial charge in [-0.3, -0.25) is 19.2 Å². The summed E-state index contributed by atoms with van der Waals surface area (Å²) in [5.74, 6) is -4.34. The summed E-state index contributed by atoms with van der Waals surface area (Å²) in [5.41, 5.74) is -1.14. The van der Waals surface area contributed by atoms with Crippen molar-refractivity contribution in [1.29, 1.82) is 0 Å². The fourth-order valence-corrected chi connectivity index (χ4v) is 2.10. The van der Waals surface area contributed by atoms with Crippen molar-refractivity contribution in [2.75, 3.05) is 14.2 Å². The summed E-state index contributed by atoms with van der Waals surface area (Å²) in [6.07, 6.45) is 0. The summed E-state index contributed by atoms with van der Waals surface area (Å²) in [4.78, 5) is 47.2. The summed E-state index contributed by atoms with van der Waals surface area (Å²) >= 11 is 5.96. The van der Waals surface area contributed by atoms with E-state index in [-0.39, 0.29) is 16.3 Å². The predicted octanol–water partition coefficient (Wildman–Crippen LogP) is -0.0736. The molecule has 9 nitrogen and oxygen atoms in total. The first-order chi connectivity index (χ1) is 10.7. The first kappa shape index (κ1) is 18.6. The molecule has 0 spiro atoms. The molecule has 0 aromatic carbocycles. The number of aromatic nitrogens is 2. The number of esters is 3. The number of ether oxygens (including phenoxy) is 3. The molecule has 0 amide bonds. The predicted molar refractivity (Wildman–Crippen MR) is 76.7 cm³/mol. The van der Waals surface area contributed by atoms with E-state index in [9.17, 15) is 19.2 Å². The third kappa shape index (κ3) is 4.07. The van der Waals surface area contributed by atoms with Crippen LogP contribution in [0.4, 0.5) is 0 Å². The zero-order valence-electron chi connectivity index (χ0n) is 12.9. The van der Waals surface area contributed by atoms with Gasteiger partial charge >= 0.3 is 17.9 Å². The molecule has 10 heteroatoms. The Balaban J connectivity index is 3.62. The molecule has 0 radical (unpaired) electrons. The molecule has 1 heterocycles. The van der Waals surface area contributed by atoms with Crippen molar-refractivity contribution in [3.05, 3.63) is 26.6 Å². The summed E-state index contributed by atoms with van der Waals surface area (Å²) in [7, 11) is 3.40. The van der Waals surface area contributed by atoms with Gasteiger partial charge in [0, 0.05) is 19.5 Å². The maximum Gasteiger partial charge on any atom is 0.324 e. The van der Waals surface area contributed by atoms with Crippen molar-refractivity contribution in [1.82, 2.24) is 9.78 Å². The van der Waals surface area contributed by atoms with Gasteiger partial charge in [0.2, 0.25) is 0 Å². The van der Waals surface area contributed by atoms with Gasteiger partial charge in [0.05, 0.1) is 19.8 Å². The average Bonchev–Trinajstić information content (AvgIpc) is 2.50. The molecule has 0 fully saturated rings. The number of hydrogen-bond donors (Lipinski definition) is 0. The van der Waals surface area contributed by atoms with E-state index in [0.29, 0.717) is 0 Å². The molecule has 1 aromatic rings. The van der Waals surface area contributed by atoms with Gasteiger partial charge in [0.1, 0.15) is 6.61 Å². The molecule has 0 atom stereocenters. The smallest absolute Gasteiger partial charge is 0.324 e. The van der Waals surface area contributed by atoms with Crippen LogP contribution in [0.3, 0.4) is 0 Å². The highest BCUT2D eigenvalue weighted by Gasteiger charge is 2.37. The molecule has 23 heavy (non-hydrogen) atoms. The van der Waals surface area contributed by atoms with Crippen molar-refractivity contribution in [3.8, 4) is 0 Å². The Morgan fingerprint density at radius 1 is 1.22 bits per heavy atom. The quantitative estimate of drug-likeness (QED) is 0.413. The molecule has 126 valence electrons. The summed E-state index contributed by atoms with van der Waals surface area (Å²) in [6.45, 7) is 0.719. The van der Waals surface area contributed by atoms with Crippen LogP contribution in [-0.2, 0) is 42.2 Å². The summed E-state index contributed by atoms with van der Waals surface area (Å²) < 4.78 is 14.8. The summed E-state index contributed by atoms with van der Waals surface area (Å²) in [5, 5.41) is 3.55. The second kappa shape index (κ2) is 7.73. The molecule has 0 unspecified atom stereocenters. The van der Waals surface area contributed by atoms with Crippen LogP contribution < -0.4 is 5.56 Å². The van der Waals surface area contributed by atoms with Crippen molar-refractivity contribution in [2.45, 2.75) is 19.4 Å². The van der Waals surface area contributed by atoms with Crippen molar-refractivity contribution in [3.63, 3.8) is 0 Å². The Morgan fingerprint density at radius 2 is 1.74 bits per heavy atom. The van der Waals surface area contributed by atoms with Crippen molar-refractivity contribution < 1.29 is 28.6 Å². The van der Waals surface area contributed by atoms with Crippen LogP contribution in [0.25, 0.3) is 0 Å². The van der Waals surface area contributed by atoms with Gasteiger partial charge in [-0.1, -0.05) is 11.6 Å². The average molecular weight is 347 g/mol. The van der Waals surface area contributed by atoms with E-state index in [1.807, 2.05) is 0 Å². The van der Waals surface area contributed by atoms with E-state index in [1.165, 1.54) is 7.05 Å². The van der Waals surface area contributed by atoms with Crippen LogP contribution >= 0.6 is 11.6 Å². The van der Waals surface area contributed by atoms with E-state index in [0.717, 1.165) is 25.8 Å². The molecule has 0 saturated carbocycles. The lowest BCUT2D eigenvalue weighted by Gasteiger charge is -2.17. The zero-order valence-corrected chi connectivity index (χ0v) is 13.7. The van der Waals surface area contributed by atoms with E-state index in [1.54, 1.807) is 0 Å². The highest BCUT2D eigenvalue weighted by atomic mass is 35.5. The minimum Gasteiger partial charge on any atom is -0.468 e. The van der Waals surface area contributed by atoms with Crippen LogP contribution in [0, 0.1) is 0 Å². The van der Waals surface area contributed by atoms with Crippen LogP contribution in [0.5, 0.6) is 0 Å². The number of hydrogen-bond acceptors (Lipinski definition) is 8. The standard InChI is InChI=1S/C13H15ClN2O7/c1-6(17)23-5-7-8(11(18)16(2)15-10(7)14)9(12(19)21-3)13(20)22-4/h9H,5H2,1-4H3. The minimum atomic E-state index is -1.67. The number of aryl methyl sites for hydroxylation is 1. The lowest BCUT2D eigenvalue weighted by atomic mass is 9.96. The molecule has 0 saturated heterocycles. The Kier molecular flexibility index (Phi) is 6.26. The van der Waals surface area contributed by atoms with Crippen molar-refractivity contribution >= 4 is 29.5 Å². The molecule has 1 rings (SSSR count). The number of nitrogens with zero attached hydrogens (tertiary/aromatic N) is 2. The SMILES string of the molecule is COC(=O)C(C(=O)OC)c1c(COC(C)=O)c(Cl)nn(C)c1=O. The summed E-state index contributed by atoms with van der Waals surface area (Å²) in [6, 6.07) is 0. The maximum atomic E-state index is 12.4. The molecular formula is C13H15ClN2O7. The van der Waals surface area contributed by atoms with Crippen LogP contribution in [-0.4, -0.2) is 41.9 Å². The molecule has 0 aliphatic heterocycles. The van der Waals surface area contributed by atoms with E-state index < -0.39 is 36.0 Å². The monoisotopic (exact) mass is 346 g/mol. The van der Waals surface area contributed by atoms with Gasteiger partial charge in [-0.2, -0.15) is 5.10 Å². The second-order valence-electron chi connectivity index (χ2n) is 4.37. The molecular weight excluding hydrogens is 332 g/mol. The number of rotatable bonds is 5.